The first kappa shape index (κ1) is 13.4. The lowest BCUT2D eigenvalue weighted by Gasteiger charge is -2.18. The lowest BCUT2D eigenvalue weighted by molar-refractivity contribution is 0.323. The normalized spacial score (nSPS) is 15.3. The van der Waals surface area contributed by atoms with E-state index in [1.165, 1.54) is 0 Å². The monoisotopic (exact) mass is 263 g/mol. The first-order valence-corrected chi connectivity index (χ1v) is 6.05. The summed E-state index contributed by atoms with van der Waals surface area (Å²) in [5.41, 5.74) is 0.977. The molecule has 2 rings (SSSR count). The molecule has 0 atom stereocenters. The van der Waals surface area contributed by atoms with Crippen molar-refractivity contribution < 1.29 is 19.0 Å². The Morgan fingerprint density at radius 3 is 2.11 bits per heavy atom. The Labute approximate surface area is 112 Å². The van der Waals surface area contributed by atoms with Crippen LogP contribution in [0.5, 0.6) is 17.2 Å². The molecule has 1 saturated carbocycles. The molecule has 0 radical (unpaired) electrons. The highest BCUT2D eigenvalue weighted by Gasteiger charge is 2.45. The maximum absolute atomic E-state index is 10.3. The van der Waals surface area contributed by atoms with Crippen LogP contribution in [0.3, 0.4) is 0 Å². The zero-order chi connectivity index (χ0) is 13.9. The number of hydrogen-bond acceptors (Lipinski definition) is 5. The second kappa shape index (κ2) is 5.33. The van der Waals surface area contributed by atoms with Gasteiger partial charge in [0, 0.05) is 5.41 Å². The van der Waals surface area contributed by atoms with E-state index in [4.69, 9.17) is 14.2 Å². The van der Waals surface area contributed by atoms with Gasteiger partial charge in [-0.3, -0.25) is 0 Å². The van der Waals surface area contributed by atoms with Crippen molar-refractivity contribution in [2.24, 2.45) is 4.99 Å². The van der Waals surface area contributed by atoms with Gasteiger partial charge in [0.25, 0.3) is 0 Å². The molecule has 1 aromatic carbocycles. The van der Waals surface area contributed by atoms with Crippen molar-refractivity contribution in [1.29, 1.82) is 0 Å². The molecule has 0 bridgehead atoms. The number of ether oxygens (including phenoxy) is 3. The van der Waals surface area contributed by atoms with Crippen molar-refractivity contribution in [2.75, 3.05) is 27.9 Å². The third-order valence-corrected chi connectivity index (χ3v) is 3.58. The number of rotatable bonds is 6. The minimum absolute atomic E-state index is 0.0791. The second-order valence-corrected chi connectivity index (χ2v) is 4.60. The molecule has 0 heterocycles. The fourth-order valence-electron chi connectivity index (χ4n) is 2.26. The topological polar surface area (TPSA) is 57.1 Å². The van der Waals surface area contributed by atoms with Crippen LogP contribution in [0.25, 0.3) is 0 Å². The van der Waals surface area contributed by atoms with E-state index in [-0.39, 0.29) is 5.41 Å². The smallest absolute Gasteiger partial charge is 0.234 e. The summed E-state index contributed by atoms with van der Waals surface area (Å²) in [7, 11) is 4.75. The van der Waals surface area contributed by atoms with Crippen molar-refractivity contribution >= 4 is 6.08 Å². The molecule has 0 unspecified atom stereocenters. The number of hydrogen-bond donors (Lipinski definition) is 0. The van der Waals surface area contributed by atoms with Gasteiger partial charge in [-0.15, -0.1) is 0 Å². The Hall–Kier alpha value is -2.00. The van der Waals surface area contributed by atoms with Gasteiger partial charge in [0.2, 0.25) is 11.8 Å². The maximum Gasteiger partial charge on any atom is 0.234 e. The molecule has 0 aromatic heterocycles. The van der Waals surface area contributed by atoms with Gasteiger partial charge in [-0.1, -0.05) is 0 Å². The minimum atomic E-state index is -0.0791. The summed E-state index contributed by atoms with van der Waals surface area (Å²) in [5.74, 6) is 1.82. The van der Waals surface area contributed by atoms with E-state index in [2.05, 4.69) is 4.99 Å². The molecule has 0 aliphatic heterocycles. The van der Waals surface area contributed by atoms with Crippen LogP contribution in [0.2, 0.25) is 0 Å². The van der Waals surface area contributed by atoms with Crippen molar-refractivity contribution in [1.82, 2.24) is 0 Å². The average molecular weight is 263 g/mol. The van der Waals surface area contributed by atoms with Gasteiger partial charge in [0.05, 0.1) is 27.9 Å². The fraction of sp³-hybridized carbons (Fsp3) is 0.500. The molecule has 1 aliphatic carbocycles. The van der Waals surface area contributed by atoms with E-state index >= 15 is 0 Å². The van der Waals surface area contributed by atoms with Crippen molar-refractivity contribution in [2.45, 2.75) is 18.3 Å². The molecular weight excluding hydrogens is 246 g/mol. The highest BCUT2D eigenvalue weighted by atomic mass is 16.5. The molecule has 0 spiro atoms. The van der Waals surface area contributed by atoms with Crippen LogP contribution in [0.4, 0.5) is 0 Å². The summed E-state index contributed by atoms with van der Waals surface area (Å²) in [6.45, 7) is 0.454. The first-order valence-electron chi connectivity index (χ1n) is 6.05. The van der Waals surface area contributed by atoms with Crippen LogP contribution >= 0.6 is 0 Å². The van der Waals surface area contributed by atoms with Crippen molar-refractivity contribution in [3.8, 4) is 17.2 Å². The third kappa shape index (κ3) is 2.42. The van der Waals surface area contributed by atoms with Crippen LogP contribution < -0.4 is 14.2 Å². The summed E-state index contributed by atoms with van der Waals surface area (Å²) in [5, 5.41) is 0. The Kier molecular flexibility index (Phi) is 3.76. The van der Waals surface area contributed by atoms with Crippen LogP contribution in [0.15, 0.2) is 17.1 Å². The summed E-state index contributed by atoms with van der Waals surface area (Å²) < 4.78 is 16.0. The largest absolute Gasteiger partial charge is 0.493 e. The van der Waals surface area contributed by atoms with Gasteiger partial charge in [-0.2, -0.15) is 0 Å². The van der Waals surface area contributed by atoms with E-state index < -0.39 is 0 Å². The number of benzene rings is 1. The molecule has 19 heavy (non-hydrogen) atoms. The van der Waals surface area contributed by atoms with Crippen molar-refractivity contribution in [3.05, 3.63) is 17.7 Å². The minimum Gasteiger partial charge on any atom is -0.493 e. The van der Waals surface area contributed by atoms with Crippen LogP contribution in [0, 0.1) is 0 Å². The van der Waals surface area contributed by atoms with Gasteiger partial charge >= 0.3 is 0 Å². The Morgan fingerprint density at radius 2 is 1.74 bits per heavy atom. The molecule has 1 fully saturated rings. The summed E-state index contributed by atoms with van der Waals surface area (Å²) in [6.07, 6.45) is 3.59. The summed E-state index contributed by atoms with van der Waals surface area (Å²) in [4.78, 5) is 14.0. The zero-order valence-corrected chi connectivity index (χ0v) is 11.4. The predicted octanol–water partition coefficient (Wildman–Crippen LogP) is 2.08. The van der Waals surface area contributed by atoms with Gasteiger partial charge in [-0.25, -0.2) is 9.79 Å². The van der Waals surface area contributed by atoms with E-state index in [1.807, 2.05) is 12.1 Å². The molecule has 102 valence electrons. The predicted molar refractivity (Wildman–Crippen MR) is 70.0 cm³/mol. The van der Waals surface area contributed by atoms with E-state index in [9.17, 15) is 4.79 Å². The second-order valence-electron chi connectivity index (χ2n) is 4.60. The Balaban J connectivity index is 2.44. The number of nitrogens with zero attached hydrogens (tertiary/aromatic N) is 1. The van der Waals surface area contributed by atoms with Gasteiger partial charge < -0.3 is 14.2 Å². The first-order chi connectivity index (χ1) is 9.20. The Bertz CT molecular complexity index is 491. The highest BCUT2D eigenvalue weighted by Crippen LogP contribution is 2.52. The van der Waals surface area contributed by atoms with Crippen LogP contribution in [-0.2, 0) is 10.2 Å². The third-order valence-electron chi connectivity index (χ3n) is 3.58. The fourth-order valence-corrected chi connectivity index (χ4v) is 2.26. The number of methoxy groups -OCH3 is 3. The number of carbonyl (C=O) groups excluding carboxylic acids is 1. The molecule has 1 aliphatic rings. The van der Waals surface area contributed by atoms with Crippen molar-refractivity contribution in [3.63, 3.8) is 0 Å². The number of isocyanates is 1. The maximum atomic E-state index is 10.3. The molecule has 0 N–H and O–H groups in total. The summed E-state index contributed by atoms with van der Waals surface area (Å²) >= 11 is 0. The van der Waals surface area contributed by atoms with Gasteiger partial charge in [0.1, 0.15) is 0 Å². The molecule has 1 aromatic rings. The Morgan fingerprint density at radius 1 is 1.16 bits per heavy atom. The van der Waals surface area contributed by atoms with Gasteiger partial charge in [0.15, 0.2) is 11.5 Å². The summed E-state index contributed by atoms with van der Waals surface area (Å²) in [6, 6.07) is 3.85. The van der Waals surface area contributed by atoms with E-state index in [1.54, 1.807) is 27.4 Å². The average Bonchev–Trinajstić information content (AvgIpc) is 3.24. The SMILES string of the molecule is COc1cc(C2(CN=C=O)CC2)cc(OC)c1OC. The molecular formula is C14H17NO4. The van der Waals surface area contributed by atoms with Crippen LogP contribution in [0.1, 0.15) is 18.4 Å². The van der Waals surface area contributed by atoms with Gasteiger partial charge in [-0.05, 0) is 30.5 Å². The lowest BCUT2D eigenvalue weighted by atomic mass is 9.95. The van der Waals surface area contributed by atoms with E-state index in [0.717, 1.165) is 18.4 Å². The molecule has 5 nitrogen and oxygen atoms in total. The zero-order valence-electron chi connectivity index (χ0n) is 11.4. The van der Waals surface area contributed by atoms with Crippen LogP contribution in [-0.4, -0.2) is 34.0 Å². The van der Waals surface area contributed by atoms with E-state index in [0.29, 0.717) is 23.8 Å². The quantitative estimate of drug-likeness (QED) is 0.582. The lowest BCUT2D eigenvalue weighted by Crippen LogP contribution is -2.11. The molecule has 0 saturated heterocycles. The highest BCUT2D eigenvalue weighted by molar-refractivity contribution is 5.56. The standard InChI is InChI=1S/C14H17NO4/c1-17-11-6-10(7-12(18-2)13(11)19-3)14(4-5-14)8-15-9-16/h6-7H,4-5,8H2,1-3H3. The molecule has 0 amide bonds. The number of aliphatic imine (C=N–C) groups is 1. The molecule has 5 heteroatoms.